The van der Waals surface area contributed by atoms with E-state index in [0.29, 0.717) is 40.9 Å². The van der Waals surface area contributed by atoms with E-state index in [9.17, 15) is 19.8 Å². The molecule has 4 N–H and O–H groups in total. The van der Waals surface area contributed by atoms with Crippen molar-refractivity contribution in [3.05, 3.63) is 35.4 Å². The molecule has 32 heavy (non-hydrogen) atoms. The van der Waals surface area contributed by atoms with Crippen LogP contribution in [-0.2, 0) is 6.54 Å². The van der Waals surface area contributed by atoms with Crippen LogP contribution in [0.5, 0.6) is 11.5 Å². The summed E-state index contributed by atoms with van der Waals surface area (Å²) in [6, 6.07) is 6.31. The molecule has 1 saturated heterocycles. The van der Waals surface area contributed by atoms with Gasteiger partial charge in [-0.05, 0) is 67.8 Å². The van der Waals surface area contributed by atoms with Gasteiger partial charge < -0.3 is 20.3 Å². The Bertz CT molecular complexity index is 1060. The van der Waals surface area contributed by atoms with Crippen LogP contribution >= 0.6 is 0 Å². The fourth-order valence-corrected chi connectivity index (χ4v) is 4.41. The molecule has 9 nitrogen and oxygen atoms in total. The van der Waals surface area contributed by atoms with Crippen LogP contribution in [0, 0.1) is 5.92 Å². The minimum atomic E-state index is -1.30. The second kappa shape index (κ2) is 8.31. The summed E-state index contributed by atoms with van der Waals surface area (Å²) in [6.07, 6.45) is 2.93. The predicted molar refractivity (Wildman–Crippen MR) is 117 cm³/mol. The molecule has 1 aliphatic carbocycles. The number of carboxylic acid groups (broad SMARTS) is 1. The zero-order valence-corrected chi connectivity index (χ0v) is 17.6. The second-order valence-corrected chi connectivity index (χ2v) is 8.67. The van der Waals surface area contributed by atoms with E-state index in [2.05, 4.69) is 15.6 Å². The molecule has 3 amide bonds. The highest BCUT2D eigenvalue weighted by Crippen LogP contribution is 2.42. The number of phenols is 1. The number of imide groups is 1. The number of piperidine rings is 1. The van der Waals surface area contributed by atoms with E-state index >= 15 is 0 Å². The Morgan fingerprint density at radius 1 is 1.28 bits per heavy atom. The van der Waals surface area contributed by atoms with Gasteiger partial charge in [0.25, 0.3) is 0 Å². The summed E-state index contributed by atoms with van der Waals surface area (Å²) in [5, 5.41) is 26.1. The number of phenolic OH excluding ortho intramolecular Hbond substituents is 1. The van der Waals surface area contributed by atoms with Crippen molar-refractivity contribution >= 4 is 17.9 Å². The lowest BCUT2D eigenvalue weighted by Crippen LogP contribution is -2.43. The highest BCUT2D eigenvalue weighted by molar-refractivity contribution is 6.00. The summed E-state index contributed by atoms with van der Waals surface area (Å²) in [6.45, 7) is 2.22. The zero-order valence-electron chi connectivity index (χ0n) is 17.6. The van der Waals surface area contributed by atoms with Crippen molar-refractivity contribution in [1.82, 2.24) is 15.2 Å². The Morgan fingerprint density at radius 2 is 2.12 bits per heavy atom. The zero-order chi connectivity index (χ0) is 22.2. The summed E-state index contributed by atoms with van der Waals surface area (Å²) in [5.41, 5.74) is 2.60. The standard InChI is InChI=1S/C23H26N4O5/c28-18-4-1-5-19(32-12-13-6-7-13)20(18)17-9-15(14-3-2-8-24-10-14)16-11-27(23(30)31)22(29)26-21(16)25-17/h1,4-5,9,13-14,24,28H,2-3,6-8,10-12H2,(H,30,31)(H,25,26,29). The number of hydrogen-bond acceptors (Lipinski definition) is 6. The second-order valence-electron chi connectivity index (χ2n) is 8.67. The summed E-state index contributed by atoms with van der Waals surface area (Å²) >= 11 is 0. The lowest BCUT2D eigenvalue weighted by atomic mass is 9.87. The summed E-state index contributed by atoms with van der Waals surface area (Å²) in [5.74, 6) is 1.62. The van der Waals surface area contributed by atoms with Gasteiger partial charge in [-0.2, -0.15) is 0 Å². The van der Waals surface area contributed by atoms with Crippen molar-refractivity contribution in [2.24, 2.45) is 5.92 Å². The number of pyridine rings is 1. The van der Waals surface area contributed by atoms with Crippen LogP contribution in [0.25, 0.3) is 11.3 Å². The van der Waals surface area contributed by atoms with E-state index in [1.807, 2.05) is 12.1 Å². The van der Waals surface area contributed by atoms with Crippen molar-refractivity contribution in [3.63, 3.8) is 0 Å². The number of aromatic hydroxyl groups is 1. The van der Waals surface area contributed by atoms with Crippen molar-refractivity contribution in [2.45, 2.75) is 38.1 Å². The molecule has 1 aromatic heterocycles. The first-order valence-corrected chi connectivity index (χ1v) is 11.0. The Balaban J connectivity index is 1.61. The van der Waals surface area contributed by atoms with E-state index in [4.69, 9.17) is 4.74 Å². The average Bonchev–Trinajstić information content (AvgIpc) is 3.61. The first-order chi connectivity index (χ1) is 15.5. The van der Waals surface area contributed by atoms with Crippen molar-refractivity contribution in [3.8, 4) is 22.8 Å². The summed E-state index contributed by atoms with van der Waals surface area (Å²) in [4.78, 5) is 29.3. The smallest absolute Gasteiger partial charge is 0.415 e. The Hall–Kier alpha value is -3.33. The molecular formula is C23H26N4O5. The van der Waals surface area contributed by atoms with Gasteiger partial charge >= 0.3 is 12.1 Å². The van der Waals surface area contributed by atoms with Crippen LogP contribution in [0.4, 0.5) is 15.4 Å². The highest BCUT2D eigenvalue weighted by atomic mass is 16.5. The largest absolute Gasteiger partial charge is 0.507 e. The molecule has 1 aromatic carbocycles. The molecule has 2 aliphatic heterocycles. The molecule has 0 bridgehead atoms. The number of anilines is 1. The van der Waals surface area contributed by atoms with Crippen LogP contribution in [-0.4, -0.2) is 51.9 Å². The fraction of sp³-hybridized carbons (Fsp3) is 0.435. The molecule has 3 aliphatic rings. The maximum absolute atomic E-state index is 12.4. The maximum Gasteiger partial charge on any atom is 0.415 e. The van der Waals surface area contributed by atoms with E-state index in [1.165, 1.54) is 0 Å². The third-order valence-electron chi connectivity index (χ3n) is 6.34. The number of urea groups is 1. The number of carbonyl (C=O) groups is 2. The minimum absolute atomic E-state index is 0.0489. The van der Waals surface area contributed by atoms with Crippen molar-refractivity contribution < 1.29 is 24.5 Å². The first-order valence-electron chi connectivity index (χ1n) is 11.0. The topological polar surface area (TPSA) is 124 Å². The number of hydrogen-bond donors (Lipinski definition) is 4. The average molecular weight is 438 g/mol. The molecule has 0 spiro atoms. The van der Waals surface area contributed by atoms with Crippen LogP contribution < -0.4 is 15.4 Å². The summed E-state index contributed by atoms with van der Waals surface area (Å²) in [7, 11) is 0. The van der Waals surface area contributed by atoms with E-state index in [1.54, 1.807) is 12.1 Å². The number of aromatic nitrogens is 1. The highest BCUT2D eigenvalue weighted by Gasteiger charge is 2.33. The van der Waals surface area contributed by atoms with Gasteiger partial charge in [0.15, 0.2) is 0 Å². The van der Waals surface area contributed by atoms with Gasteiger partial charge in [0.05, 0.1) is 24.4 Å². The molecule has 2 fully saturated rings. The number of rotatable bonds is 5. The molecule has 1 atom stereocenters. The fourth-order valence-electron chi connectivity index (χ4n) is 4.41. The van der Waals surface area contributed by atoms with Crippen LogP contribution in [0.1, 0.15) is 42.7 Å². The number of amides is 3. The molecule has 1 unspecified atom stereocenters. The predicted octanol–water partition coefficient (Wildman–Crippen LogP) is 3.74. The van der Waals surface area contributed by atoms with Gasteiger partial charge in [-0.1, -0.05) is 6.07 Å². The third kappa shape index (κ3) is 3.95. The number of benzene rings is 1. The van der Waals surface area contributed by atoms with Crippen molar-refractivity contribution in [2.75, 3.05) is 25.0 Å². The van der Waals surface area contributed by atoms with Gasteiger partial charge in [0, 0.05) is 12.1 Å². The van der Waals surface area contributed by atoms with E-state index < -0.39 is 12.1 Å². The van der Waals surface area contributed by atoms with Gasteiger partial charge in [0.1, 0.15) is 17.3 Å². The van der Waals surface area contributed by atoms with Gasteiger partial charge in [-0.25, -0.2) is 19.5 Å². The summed E-state index contributed by atoms with van der Waals surface area (Å²) < 4.78 is 6.01. The van der Waals surface area contributed by atoms with Crippen LogP contribution in [0.15, 0.2) is 24.3 Å². The molecule has 0 radical (unpaired) electrons. The molecule has 1 saturated carbocycles. The molecule has 2 aromatic rings. The van der Waals surface area contributed by atoms with Crippen LogP contribution in [0.3, 0.4) is 0 Å². The number of fused-ring (bicyclic) bond motifs is 1. The Labute approximate surface area is 185 Å². The lowest BCUT2D eigenvalue weighted by Gasteiger charge is -2.31. The van der Waals surface area contributed by atoms with Crippen molar-refractivity contribution in [1.29, 1.82) is 0 Å². The minimum Gasteiger partial charge on any atom is -0.507 e. The molecule has 9 heteroatoms. The maximum atomic E-state index is 12.4. The molecule has 5 rings (SSSR count). The first kappa shape index (κ1) is 20.6. The number of nitrogens with one attached hydrogen (secondary N) is 2. The van der Waals surface area contributed by atoms with Gasteiger partial charge in [-0.3, -0.25) is 5.32 Å². The van der Waals surface area contributed by atoms with Gasteiger partial charge in [-0.15, -0.1) is 0 Å². The monoisotopic (exact) mass is 438 g/mol. The molecule has 3 heterocycles. The Kier molecular flexibility index (Phi) is 5.34. The molecule has 168 valence electrons. The third-order valence-corrected chi connectivity index (χ3v) is 6.34. The number of ether oxygens (including phenoxy) is 1. The quantitative estimate of drug-likeness (QED) is 0.561. The van der Waals surface area contributed by atoms with Gasteiger partial charge in [0.2, 0.25) is 0 Å². The normalized spacial score (nSPS) is 20.4. The SMILES string of the molecule is O=C(O)N1Cc2c(C3CCCNC3)cc(-c3c(O)cccc3OCC3CC3)nc2NC1=O. The molecular weight excluding hydrogens is 412 g/mol. The lowest BCUT2D eigenvalue weighted by molar-refractivity contribution is 0.149. The van der Waals surface area contributed by atoms with E-state index in [-0.39, 0.29) is 18.2 Å². The number of carbonyl (C=O) groups excluding carboxylic acids is 1. The number of nitrogens with zero attached hydrogens (tertiary/aromatic N) is 2. The Morgan fingerprint density at radius 3 is 2.84 bits per heavy atom. The van der Waals surface area contributed by atoms with E-state index in [0.717, 1.165) is 49.2 Å². The van der Waals surface area contributed by atoms with Crippen LogP contribution in [0.2, 0.25) is 0 Å².